The van der Waals surface area contributed by atoms with Crippen molar-refractivity contribution in [3.8, 4) is 5.75 Å². The average Bonchev–Trinajstić information content (AvgIpc) is 2.08. The van der Waals surface area contributed by atoms with Crippen LogP contribution in [0.15, 0.2) is 12.1 Å². The lowest BCUT2D eigenvalue weighted by Crippen LogP contribution is -1.98. The second kappa shape index (κ2) is 3.75. The van der Waals surface area contributed by atoms with Crippen LogP contribution in [0.5, 0.6) is 5.75 Å². The van der Waals surface area contributed by atoms with E-state index in [9.17, 15) is 9.18 Å². The number of carbonyl (C=O) groups is 1. The maximum atomic E-state index is 12.9. The van der Waals surface area contributed by atoms with Crippen molar-refractivity contribution >= 4 is 17.4 Å². The predicted molar refractivity (Wildman–Crippen MR) is 48.0 cm³/mol. The van der Waals surface area contributed by atoms with Gasteiger partial charge in [-0.25, -0.2) is 4.39 Å². The van der Waals surface area contributed by atoms with Crippen LogP contribution in [-0.2, 0) is 0 Å². The molecule has 13 heavy (non-hydrogen) atoms. The van der Waals surface area contributed by atoms with Gasteiger partial charge in [-0.1, -0.05) is 11.6 Å². The molecule has 1 rings (SSSR count). The summed E-state index contributed by atoms with van der Waals surface area (Å²) in [5.74, 6) is -0.600. The zero-order chi connectivity index (χ0) is 10.0. The third kappa shape index (κ3) is 1.98. The first-order chi connectivity index (χ1) is 6.06. The Balaban J connectivity index is 3.33. The summed E-state index contributed by atoms with van der Waals surface area (Å²) in [7, 11) is 1.37. The van der Waals surface area contributed by atoms with Crippen molar-refractivity contribution in [1.29, 1.82) is 0 Å². The first kappa shape index (κ1) is 9.99. The number of rotatable bonds is 2. The zero-order valence-electron chi connectivity index (χ0n) is 7.23. The first-order valence-corrected chi connectivity index (χ1v) is 3.98. The Morgan fingerprint density at radius 2 is 2.15 bits per heavy atom. The Kier molecular flexibility index (Phi) is 2.88. The minimum atomic E-state index is -0.594. The molecule has 1 aromatic carbocycles. The number of methoxy groups -OCH3 is 1. The lowest BCUT2D eigenvalue weighted by molar-refractivity contribution is 0.101. The molecule has 0 heterocycles. The number of Topliss-reactive ketones (excluding diaryl/α,β-unsaturated/α-hetero) is 1. The SMILES string of the molecule is COc1cc(F)c(Cl)cc1C(C)=O. The smallest absolute Gasteiger partial charge is 0.163 e. The Morgan fingerprint density at radius 1 is 1.54 bits per heavy atom. The van der Waals surface area contributed by atoms with Crippen molar-refractivity contribution in [2.45, 2.75) is 6.92 Å². The van der Waals surface area contributed by atoms with E-state index in [1.807, 2.05) is 0 Å². The van der Waals surface area contributed by atoms with Gasteiger partial charge in [-0.05, 0) is 13.0 Å². The van der Waals surface area contributed by atoms with Crippen LogP contribution in [0.4, 0.5) is 4.39 Å². The Hall–Kier alpha value is -1.09. The normalized spacial score (nSPS) is 9.85. The highest BCUT2D eigenvalue weighted by atomic mass is 35.5. The van der Waals surface area contributed by atoms with Gasteiger partial charge in [0.05, 0.1) is 17.7 Å². The fourth-order valence-corrected chi connectivity index (χ4v) is 1.14. The molecular weight excluding hydrogens is 195 g/mol. The van der Waals surface area contributed by atoms with Gasteiger partial charge < -0.3 is 4.74 Å². The van der Waals surface area contributed by atoms with Crippen LogP contribution in [0, 0.1) is 5.82 Å². The molecule has 0 amide bonds. The number of benzene rings is 1. The van der Waals surface area contributed by atoms with Gasteiger partial charge in [0.25, 0.3) is 0 Å². The van der Waals surface area contributed by atoms with Gasteiger partial charge in [-0.2, -0.15) is 0 Å². The van der Waals surface area contributed by atoms with E-state index in [1.165, 1.54) is 20.1 Å². The van der Waals surface area contributed by atoms with Gasteiger partial charge in [0.1, 0.15) is 11.6 Å². The molecular formula is C9H8ClFO2. The van der Waals surface area contributed by atoms with Crippen molar-refractivity contribution in [3.05, 3.63) is 28.5 Å². The van der Waals surface area contributed by atoms with Crippen LogP contribution >= 0.6 is 11.6 Å². The van der Waals surface area contributed by atoms with Gasteiger partial charge in [0, 0.05) is 6.07 Å². The summed E-state index contributed by atoms with van der Waals surface area (Å²) < 4.78 is 17.7. The van der Waals surface area contributed by atoms with E-state index in [1.54, 1.807) is 0 Å². The average molecular weight is 203 g/mol. The predicted octanol–water partition coefficient (Wildman–Crippen LogP) is 2.69. The van der Waals surface area contributed by atoms with Gasteiger partial charge >= 0.3 is 0 Å². The Labute approximate surface area is 80.3 Å². The van der Waals surface area contributed by atoms with Crippen molar-refractivity contribution < 1.29 is 13.9 Å². The van der Waals surface area contributed by atoms with Gasteiger partial charge in [-0.3, -0.25) is 4.79 Å². The van der Waals surface area contributed by atoms with Crippen LogP contribution < -0.4 is 4.74 Å². The van der Waals surface area contributed by atoms with Crippen molar-refractivity contribution in [1.82, 2.24) is 0 Å². The summed E-state index contributed by atoms with van der Waals surface area (Å²) in [6, 6.07) is 2.36. The van der Waals surface area contributed by atoms with Crippen LogP contribution in [0.25, 0.3) is 0 Å². The third-order valence-corrected chi connectivity index (χ3v) is 1.91. The number of hydrogen-bond donors (Lipinski definition) is 0. The van der Waals surface area contributed by atoms with E-state index in [-0.39, 0.29) is 22.1 Å². The van der Waals surface area contributed by atoms with Crippen molar-refractivity contribution in [2.24, 2.45) is 0 Å². The number of ketones is 1. The summed E-state index contributed by atoms with van der Waals surface area (Å²) in [4.78, 5) is 11.0. The molecule has 0 saturated heterocycles. The largest absolute Gasteiger partial charge is 0.496 e. The molecule has 0 aromatic heterocycles. The quantitative estimate of drug-likeness (QED) is 0.690. The summed E-state index contributed by atoms with van der Waals surface area (Å²) in [5.41, 5.74) is 0.286. The van der Waals surface area contributed by atoms with Gasteiger partial charge in [-0.15, -0.1) is 0 Å². The number of halogens is 2. The Bertz CT molecular complexity index is 350. The molecule has 4 heteroatoms. The van der Waals surface area contributed by atoms with E-state index in [0.29, 0.717) is 0 Å². The van der Waals surface area contributed by atoms with E-state index >= 15 is 0 Å². The fraction of sp³-hybridized carbons (Fsp3) is 0.222. The second-order valence-corrected chi connectivity index (χ2v) is 2.93. The Morgan fingerprint density at radius 3 is 2.62 bits per heavy atom. The molecule has 0 bridgehead atoms. The molecule has 0 saturated carbocycles. The molecule has 0 radical (unpaired) electrons. The van der Waals surface area contributed by atoms with Gasteiger partial charge in [0.15, 0.2) is 5.78 Å². The van der Waals surface area contributed by atoms with E-state index in [0.717, 1.165) is 6.07 Å². The van der Waals surface area contributed by atoms with Crippen LogP contribution in [0.1, 0.15) is 17.3 Å². The standard InChI is InChI=1S/C9H8ClFO2/c1-5(12)6-3-7(10)8(11)4-9(6)13-2/h3-4H,1-2H3. The molecule has 0 unspecified atom stereocenters. The third-order valence-electron chi connectivity index (χ3n) is 1.62. The molecule has 1 aromatic rings. The summed E-state index contributed by atoms with van der Waals surface area (Å²) in [6.07, 6.45) is 0. The topological polar surface area (TPSA) is 26.3 Å². The molecule has 0 fully saturated rings. The molecule has 2 nitrogen and oxygen atoms in total. The first-order valence-electron chi connectivity index (χ1n) is 3.60. The minimum Gasteiger partial charge on any atom is -0.496 e. The number of hydrogen-bond acceptors (Lipinski definition) is 2. The maximum absolute atomic E-state index is 12.9. The van der Waals surface area contributed by atoms with Crippen molar-refractivity contribution in [2.75, 3.05) is 7.11 Å². The minimum absolute atomic E-state index is 0.0778. The summed E-state index contributed by atoms with van der Waals surface area (Å²) in [5, 5.41) is -0.0778. The van der Waals surface area contributed by atoms with Crippen LogP contribution in [-0.4, -0.2) is 12.9 Å². The number of carbonyl (C=O) groups excluding carboxylic acids is 1. The highest BCUT2D eigenvalue weighted by Gasteiger charge is 2.11. The fourth-order valence-electron chi connectivity index (χ4n) is 0.973. The molecule has 0 aliphatic rings. The monoisotopic (exact) mass is 202 g/mol. The lowest BCUT2D eigenvalue weighted by Gasteiger charge is -2.06. The molecule has 70 valence electrons. The van der Waals surface area contributed by atoms with E-state index in [2.05, 4.69) is 0 Å². The van der Waals surface area contributed by atoms with Crippen LogP contribution in [0.2, 0.25) is 5.02 Å². The molecule has 0 spiro atoms. The summed E-state index contributed by atoms with van der Waals surface area (Å²) in [6.45, 7) is 1.37. The highest BCUT2D eigenvalue weighted by molar-refractivity contribution is 6.31. The molecule has 0 aliphatic carbocycles. The molecule has 0 atom stereocenters. The van der Waals surface area contributed by atoms with E-state index < -0.39 is 5.82 Å². The molecule has 0 N–H and O–H groups in total. The maximum Gasteiger partial charge on any atom is 0.163 e. The second-order valence-electron chi connectivity index (χ2n) is 2.52. The van der Waals surface area contributed by atoms with E-state index in [4.69, 9.17) is 16.3 Å². The summed E-state index contributed by atoms with van der Waals surface area (Å²) >= 11 is 5.50. The lowest BCUT2D eigenvalue weighted by atomic mass is 10.1. The van der Waals surface area contributed by atoms with Crippen molar-refractivity contribution in [3.63, 3.8) is 0 Å². The van der Waals surface area contributed by atoms with Gasteiger partial charge in [0.2, 0.25) is 0 Å². The molecule has 0 aliphatic heterocycles. The highest BCUT2D eigenvalue weighted by Crippen LogP contribution is 2.26. The van der Waals surface area contributed by atoms with Crippen LogP contribution in [0.3, 0.4) is 0 Å². The zero-order valence-corrected chi connectivity index (χ0v) is 7.98. The number of ether oxygens (including phenoxy) is 1.